The van der Waals surface area contributed by atoms with Crippen molar-refractivity contribution in [2.24, 2.45) is 25.9 Å². The van der Waals surface area contributed by atoms with Crippen LogP contribution in [0.25, 0.3) is 33.1 Å². The van der Waals surface area contributed by atoms with Crippen LogP contribution in [0.5, 0.6) is 0 Å². The number of rotatable bonds is 10. The van der Waals surface area contributed by atoms with Crippen LogP contribution in [0.2, 0.25) is 5.02 Å². The molecule has 0 saturated heterocycles. The molecule has 56 heavy (non-hydrogen) atoms. The van der Waals surface area contributed by atoms with Crippen LogP contribution in [0, 0.1) is 23.5 Å². The summed E-state index contributed by atoms with van der Waals surface area (Å²) >= 11 is 6.69. The number of halogens is 7. The van der Waals surface area contributed by atoms with Gasteiger partial charge >= 0.3 is 0 Å². The Hall–Kier alpha value is -5.10. The lowest BCUT2D eigenvalue weighted by atomic mass is 9.93. The fraction of sp³-hybridized carbons (Fsp3) is 0.351. The van der Waals surface area contributed by atoms with E-state index in [-0.39, 0.29) is 39.5 Å². The quantitative estimate of drug-likeness (QED) is 0.147. The average molecular weight is 819 g/mol. The largest absolute Gasteiger partial charge is 0.349 e. The molecule has 8 rings (SSSR count). The molecule has 1 amide bonds. The van der Waals surface area contributed by atoms with E-state index in [1.807, 2.05) is 0 Å². The Labute approximate surface area is 320 Å². The molecule has 294 valence electrons. The van der Waals surface area contributed by atoms with Crippen molar-refractivity contribution in [2.45, 2.75) is 44.2 Å². The van der Waals surface area contributed by atoms with Crippen LogP contribution in [0.4, 0.5) is 32.2 Å². The number of sulfonamides is 1. The van der Waals surface area contributed by atoms with E-state index in [0.29, 0.717) is 38.4 Å². The Kier molecular flexibility index (Phi) is 8.76. The summed E-state index contributed by atoms with van der Waals surface area (Å²) in [4.78, 5) is 18.9. The van der Waals surface area contributed by atoms with Crippen molar-refractivity contribution in [3.63, 3.8) is 0 Å². The summed E-state index contributed by atoms with van der Waals surface area (Å²) < 4.78 is 119. The summed E-state index contributed by atoms with van der Waals surface area (Å²) in [6, 6.07) is 8.27. The molecular formula is C37H33ClF6N8O3S. The van der Waals surface area contributed by atoms with Crippen LogP contribution in [-0.2, 0) is 47.8 Å². The minimum atomic E-state index is -3.80. The molecule has 4 atom stereocenters. The lowest BCUT2D eigenvalue weighted by Gasteiger charge is -2.23. The number of aryl methyl sites for hydroxylation is 2. The van der Waals surface area contributed by atoms with Crippen molar-refractivity contribution in [2.75, 3.05) is 17.6 Å². The minimum Gasteiger partial charge on any atom is -0.349 e. The van der Waals surface area contributed by atoms with Crippen LogP contribution in [0.3, 0.4) is 0 Å². The van der Waals surface area contributed by atoms with E-state index >= 15 is 8.78 Å². The molecule has 1 fully saturated rings. The maximum atomic E-state index is 15.6. The van der Waals surface area contributed by atoms with E-state index in [4.69, 9.17) is 16.6 Å². The van der Waals surface area contributed by atoms with Crippen LogP contribution >= 0.6 is 11.6 Å². The van der Waals surface area contributed by atoms with Crippen molar-refractivity contribution in [3.8, 4) is 11.1 Å². The third kappa shape index (κ3) is 5.99. The second-order valence-electron chi connectivity index (χ2n) is 14.5. The Morgan fingerprint density at radius 2 is 1.73 bits per heavy atom. The van der Waals surface area contributed by atoms with E-state index in [9.17, 15) is 30.8 Å². The van der Waals surface area contributed by atoms with E-state index in [0.717, 1.165) is 22.7 Å². The Bertz CT molecular complexity index is 2710. The van der Waals surface area contributed by atoms with Crippen molar-refractivity contribution < 1.29 is 39.6 Å². The topological polar surface area (TPSA) is 120 Å². The second-order valence-corrected chi connectivity index (χ2v) is 16.9. The molecule has 0 unspecified atom stereocenters. The maximum absolute atomic E-state index is 15.6. The van der Waals surface area contributed by atoms with E-state index in [1.165, 1.54) is 11.7 Å². The number of fused-ring (bicyclic) bond motifs is 5. The van der Waals surface area contributed by atoms with Gasteiger partial charge in [0.1, 0.15) is 29.6 Å². The average Bonchev–Trinajstić information content (AvgIpc) is 3.41. The zero-order chi connectivity index (χ0) is 40.3. The molecule has 1 N–H and O–H groups in total. The molecule has 19 heteroatoms. The van der Waals surface area contributed by atoms with Gasteiger partial charge in [-0.25, -0.2) is 31.0 Å². The van der Waals surface area contributed by atoms with Gasteiger partial charge in [-0.1, -0.05) is 24.6 Å². The molecule has 2 aliphatic carbocycles. The number of hydrogen-bond donors (Lipinski definition) is 1. The van der Waals surface area contributed by atoms with Crippen molar-refractivity contribution in [3.05, 3.63) is 93.5 Å². The summed E-state index contributed by atoms with van der Waals surface area (Å²) in [6.07, 6.45) is -0.669. The summed E-state index contributed by atoms with van der Waals surface area (Å²) in [5.41, 5.74) is 0.804. The Morgan fingerprint density at radius 3 is 2.39 bits per heavy atom. The first kappa shape index (κ1) is 37.8. The SMILES string of the molecule is C[C@@H]1[C@@H]2c3c(C(F)F)nn(CC(=O)N[C@@H](Cc4cc(F)cc(F)c4)c4nc5ccn(C)c5cc4-c4ccc(Cl)c5c(N(C)S(C)(=O)=O)nn(C)c45)c3C(F)(F)[C@H]12. The molecule has 6 aromatic rings. The molecule has 0 aliphatic heterocycles. The summed E-state index contributed by atoms with van der Waals surface area (Å²) in [7, 11) is 0.890. The smallest absolute Gasteiger partial charge is 0.293 e. The van der Waals surface area contributed by atoms with Gasteiger partial charge in [-0.05, 0) is 48.2 Å². The van der Waals surface area contributed by atoms with Gasteiger partial charge in [0.2, 0.25) is 15.9 Å². The Balaban J connectivity index is 1.29. The normalized spacial score (nSPS) is 19.1. The van der Waals surface area contributed by atoms with Gasteiger partial charge in [-0.3, -0.25) is 18.5 Å². The fourth-order valence-corrected chi connectivity index (χ4v) is 8.94. The minimum absolute atomic E-state index is 0.0325. The van der Waals surface area contributed by atoms with Gasteiger partial charge in [-0.2, -0.15) is 19.0 Å². The number of pyridine rings is 1. The summed E-state index contributed by atoms with van der Waals surface area (Å²) in [5, 5.41) is 11.5. The van der Waals surface area contributed by atoms with Crippen molar-refractivity contribution in [1.82, 2.24) is 34.4 Å². The molecule has 0 bridgehead atoms. The molecule has 2 aromatic carbocycles. The first-order chi connectivity index (χ1) is 26.3. The molecule has 11 nitrogen and oxygen atoms in total. The van der Waals surface area contributed by atoms with Gasteiger partial charge in [0.15, 0.2) is 5.82 Å². The molecule has 1 saturated carbocycles. The molecule has 4 heterocycles. The number of alkyl halides is 4. The number of nitrogens with zero attached hydrogens (tertiary/aromatic N) is 7. The zero-order valence-electron chi connectivity index (χ0n) is 30.3. The van der Waals surface area contributed by atoms with Gasteiger partial charge < -0.3 is 9.88 Å². The predicted octanol–water partition coefficient (Wildman–Crippen LogP) is 7.14. The first-order valence-electron chi connectivity index (χ1n) is 17.3. The van der Waals surface area contributed by atoms with Crippen LogP contribution < -0.4 is 9.62 Å². The number of hydrogen-bond acceptors (Lipinski definition) is 6. The number of carbonyl (C=O) groups is 1. The van der Waals surface area contributed by atoms with Crippen LogP contribution in [0.15, 0.2) is 48.7 Å². The second kappa shape index (κ2) is 13.0. The molecule has 2 aliphatic rings. The molecular weight excluding hydrogens is 786 g/mol. The number of benzene rings is 2. The predicted molar refractivity (Wildman–Crippen MR) is 196 cm³/mol. The van der Waals surface area contributed by atoms with E-state index in [2.05, 4.69) is 15.5 Å². The van der Waals surface area contributed by atoms with Gasteiger partial charge in [0.25, 0.3) is 12.3 Å². The first-order valence-corrected chi connectivity index (χ1v) is 19.6. The van der Waals surface area contributed by atoms with Crippen LogP contribution in [0.1, 0.15) is 53.5 Å². The monoisotopic (exact) mass is 818 g/mol. The highest BCUT2D eigenvalue weighted by molar-refractivity contribution is 7.92. The van der Waals surface area contributed by atoms with Gasteiger partial charge in [-0.15, -0.1) is 0 Å². The van der Waals surface area contributed by atoms with E-state index in [1.54, 1.807) is 56.0 Å². The Morgan fingerprint density at radius 1 is 1.04 bits per heavy atom. The number of aromatic nitrogens is 6. The van der Waals surface area contributed by atoms with Crippen LogP contribution in [-0.4, -0.2) is 56.7 Å². The van der Waals surface area contributed by atoms with Gasteiger partial charge in [0.05, 0.1) is 45.0 Å². The molecule has 4 aromatic heterocycles. The third-order valence-corrected chi connectivity index (χ3v) is 12.4. The zero-order valence-corrected chi connectivity index (χ0v) is 31.9. The highest BCUT2D eigenvalue weighted by atomic mass is 35.5. The van der Waals surface area contributed by atoms with Crippen molar-refractivity contribution >= 4 is 55.3 Å². The maximum Gasteiger partial charge on any atom is 0.293 e. The number of anilines is 1. The summed E-state index contributed by atoms with van der Waals surface area (Å²) in [5.74, 6) is -8.68. The van der Waals surface area contributed by atoms with E-state index < -0.39 is 81.6 Å². The lowest BCUT2D eigenvalue weighted by Crippen LogP contribution is -2.35. The number of amides is 1. The van der Waals surface area contributed by atoms with Crippen molar-refractivity contribution in [1.29, 1.82) is 0 Å². The number of carbonyl (C=O) groups excluding carboxylic acids is 1. The third-order valence-electron chi connectivity index (χ3n) is 10.9. The fourth-order valence-electron chi connectivity index (χ4n) is 8.26. The lowest BCUT2D eigenvalue weighted by molar-refractivity contribution is -0.123. The standard InChI is InChI=1S/C37H33ClF6N8O3S/c1-16-27-29-32(35(41)42)47-52(34(29)37(43,44)30(16)27)15-26(53)45-24(12-17-10-18(39)13-19(40)11-17)31-21(14-25-23(46-31)8-9-49(25)2)20-6-7-22(38)28-33(20)50(3)48-36(28)51(4)56(5,54)55/h6-11,13-14,16,24,27,30,35H,12,15H2,1-5H3,(H,45,53)/t16-,24+,27-,30-/m1/s1. The number of nitrogens with one attached hydrogen (secondary N) is 1. The summed E-state index contributed by atoms with van der Waals surface area (Å²) in [6.45, 7) is 0.688. The molecule has 0 radical (unpaired) electrons. The van der Waals surface area contributed by atoms with Gasteiger partial charge in [0, 0.05) is 61.9 Å². The highest BCUT2D eigenvalue weighted by Gasteiger charge is 2.71. The highest BCUT2D eigenvalue weighted by Crippen LogP contribution is 2.71. The molecule has 0 spiro atoms.